The maximum Gasteiger partial charge on any atom is 0.331 e. The molecule has 0 amide bonds. The van der Waals surface area contributed by atoms with Crippen molar-refractivity contribution in [1.29, 1.82) is 0 Å². The SMILES string of the molecule is C=CC(=O)O.O=C(O)C(=CCC1CO1)CC1CO1. The zero-order chi connectivity index (χ0) is 13.5. The highest BCUT2D eigenvalue weighted by atomic mass is 16.6. The van der Waals surface area contributed by atoms with E-state index in [0.29, 0.717) is 25.0 Å². The fraction of sp³-hybridized carbons (Fsp3) is 0.500. The molecular formula is C12H16O6. The van der Waals surface area contributed by atoms with E-state index in [1.54, 1.807) is 6.08 Å². The summed E-state index contributed by atoms with van der Waals surface area (Å²) in [6.07, 6.45) is 4.23. The molecule has 2 rings (SSSR count). The molecule has 2 saturated heterocycles. The molecule has 2 N–H and O–H groups in total. The number of hydrogen-bond acceptors (Lipinski definition) is 4. The first-order valence-corrected chi connectivity index (χ1v) is 5.53. The van der Waals surface area contributed by atoms with Crippen molar-refractivity contribution >= 4 is 11.9 Å². The summed E-state index contributed by atoms with van der Waals surface area (Å²) >= 11 is 0. The standard InChI is InChI=1S/C9H12O4.C3H4O2/c10-9(11)6(3-8-5-13-8)1-2-7-4-12-7;1-2-3(4)5/h1,7-8H,2-5H2,(H,10,11);2H,1H2,(H,4,5). The van der Waals surface area contributed by atoms with Crippen LogP contribution in [0.3, 0.4) is 0 Å². The Morgan fingerprint density at radius 3 is 2.06 bits per heavy atom. The van der Waals surface area contributed by atoms with Gasteiger partial charge in [-0.25, -0.2) is 9.59 Å². The largest absolute Gasteiger partial charge is 0.478 e. The summed E-state index contributed by atoms with van der Waals surface area (Å²) in [6.45, 7) is 4.43. The number of carboxylic acid groups (broad SMARTS) is 2. The average molecular weight is 256 g/mol. The Balaban J connectivity index is 0.000000280. The molecule has 2 heterocycles. The molecule has 0 aliphatic carbocycles. The molecule has 0 aromatic rings. The Morgan fingerprint density at radius 2 is 1.72 bits per heavy atom. The first kappa shape index (κ1) is 14.4. The van der Waals surface area contributed by atoms with Crippen LogP contribution in [-0.2, 0) is 19.1 Å². The molecule has 0 bridgehead atoms. The van der Waals surface area contributed by atoms with E-state index >= 15 is 0 Å². The first-order valence-electron chi connectivity index (χ1n) is 5.53. The zero-order valence-corrected chi connectivity index (χ0v) is 9.87. The Morgan fingerprint density at radius 1 is 1.22 bits per heavy atom. The van der Waals surface area contributed by atoms with Crippen molar-refractivity contribution in [2.24, 2.45) is 0 Å². The first-order chi connectivity index (χ1) is 8.52. The zero-order valence-electron chi connectivity index (χ0n) is 9.87. The van der Waals surface area contributed by atoms with Gasteiger partial charge in [0.1, 0.15) is 0 Å². The van der Waals surface area contributed by atoms with E-state index in [1.165, 1.54) is 0 Å². The molecule has 2 aliphatic rings. The van der Waals surface area contributed by atoms with E-state index in [-0.39, 0.29) is 12.2 Å². The van der Waals surface area contributed by atoms with Crippen LogP contribution in [-0.4, -0.2) is 47.6 Å². The van der Waals surface area contributed by atoms with Crippen LogP contribution in [0.4, 0.5) is 0 Å². The lowest BCUT2D eigenvalue weighted by atomic mass is 10.1. The van der Waals surface area contributed by atoms with Crippen molar-refractivity contribution in [1.82, 2.24) is 0 Å². The van der Waals surface area contributed by atoms with E-state index in [0.717, 1.165) is 12.7 Å². The van der Waals surface area contributed by atoms with Crippen LogP contribution < -0.4 is 0 Å². The number of carbonyl (C=O) groups is 2. The smallest absolute Gasteiger partial charge is 0.331 e. The predicted octanol–water partition coefficient (Wildman–Crippen LogP) is 0.832. The monoisotopic (exact) mass is 256 g/mol. The summed E-state index contributed by atoms with van der Waals surface area (Å²) in [4.78, 5) is 20.0. The fourth-order valence-electron chi connectivity index (χ4n) is 1.17. The topological polar surface area (TPSA) is 99.7 Å². The van der Waals surface area contributed by atoms with Crippen LogP contribution in [0.1, 0.15) is 12.8 Å². The second-order valence-electron chi connectivity index (χ2n) is 3.93. The number of epoxide rings is 2. The lowest BCUT2D eigenvalue weighted by molar-refractivity contribution is -0.133. The van der Waals surface area contributed by atoms with Gasteiger partial charge in [0.05, 0.1) is 25.4 Å². The Bertz CT molecular complexity index is 352. The van der Waals surface area contributed by atoms with Crippen molar-refractivity contribution in [3.63, 3.8) is 0 Å². The van der Waals surface area contributed by atoms with Crippen molar-refractivity contribution in [2.75, 3.05) is 13.2 Å². The summed E-state index contributed by atoms with van der Waals surface area (Å²) in [5, 5.41) is 16.4. The summed E-state index contributed by atoms with van der Waals surface area (Å²) in [5.41, 5.74) is 0.456. The molecule has 100 valence electrons. The molecule has 0 radical (unpaired) electrons. The van der Waals surface area contributed by atoms with Crippen LogP contribution in [0.5, 0.6) is 0 Å². The minimum atomic E-state index is -0.981. The lowest BCUT2D eigenvalue weighted by Crippen LogP contribution is -2.04. The molecular weight excluding hydrogens is 240 g/mol. The molecule has 2 atom stereocenters. The molecule has 6 nitrogen and oxygen atoms in total. The van der Waals surface area contributed by atoms with Gasteiger partial charge in [-0.15, -0.1) is 0 Å². The van der Waals surface area contributed by atoms with Crippen molar-refractivity contribution in [3.05, 3.63) is 24.3 Å². The molecule has 2 unspecified atom stereocenters. The maximum atomic E-state index is 10.7. The Labute approximate surface area is 105 Å². The number of rotatable bonds is 6. The molecule has 0 saturated carbocycles. The fourth-order valence-corrected chi connectivity index (χ4v) is 1.17. The lowest BCUT2D eigenvalue weighted by Gasteiger charge is -1.97. The third-order valence-corrected chi connectivity index (χ3v) is 2.33. The van der Waals surface area contributed by atoms with Gasteiger partial charge in [-0.2, -0.15) is 0 Å². The third-order valence-electron chi connectivity index (χ3n) is 2.33. The van der Waals surface area contributed by atoms with Gasteiger partial charge in [0.15, 0.2) is 0 Å². The Kier molecular flexibility index (Phi) is 5.54. The average Bonchev–Trinajstić information content (AvgIpc) is 3.18. The minimum Gasteiger partial charge on any atom is -0.478 e. The van der Waals surface area contributed by atoms with Crippen LogP contribution in [0.15, 0.2) is 24.3 Å². The van der Waals surface area contributed by atoms with Gasteiger partial charge >= 0.3 is 11.9 Å². The van der Waals surface area contributed by atoms with Crippen LogP contribution >= 0.6 is 0 Å². The summed E-state index contributed by atoms with van der Waals surface area (Å²) in [5.74, 6) is -1.82. The molecule has 0 aromatic carbocycles. The van der Waals surface area contributed by atoms with Crippen molar-refractivity contribution in [2.45, 2.75) is 25.0 Å². The summed E-state index contributed by atoms with van der Waals surface area (Å²) in [6, 6.07) is 0. The van der Waals surface area contributed by atoms with Gasteiger partial charge in [-0.3, -0.25) is 0 Å². The van der Waals surface area contributed by atoms with Crippen molar-refractivity contribution in [3.8, 4) is 0 Å². The molecule has 0 aromatic heterocycles. The highest BCUT2D eigenvalue weighted by molar-refractivity contribution is 5.86. The second-order valence-corrected chi connectivity index (χ2v) is 3.93. The number of aliphatic carboxylic acids is 2. The molecule has 18 heavy (non-hydrogen) atoms. The number of ether oxygens (including phenoxy) is 2. The predicted molar refractivity (Wildman–Crippen MR) is 62.3 cm³/mol. The second kappa shape index (κ2) is 6.93. The van der Waals surface area contributed by atoms with Gasteiger partial charge in [0.2, 0.25) is 0 Å². The van der Waals surface area contributed by atoms with Gasteiger partial charge in [-0.1, -0.05) is 12.7 Å². The summed E-state index contributed by atoms with van der Waals surface area (Å²) in [7, 11) is 0. The minimum absolute atomic E-state index is 0.141. The van der Waals surface area contributed by atoms with E-state index in [1.807, 2.05) is 0 Å². The molecule has 6 heteroatoms. The van der Waals surface area contributed by atoms with E-state index < -0.39 is 11.9 Å². The number of hydrogen-bond donors (Lipinski definition) is 2. The van der Waals surface area contributed by atoms with Crippen molar-refractivity contribution < 1.29 is 29.3 Å². The van der Waals surface area contributed by atoms with Gasteiger partial charge in [0, 0.05) is 18.1 Å². The highest BCUT2D eigenvalue weighted by Crippen LogP contribution is 2.21. The third kappa shape index (κ3) is 6.82. The molecule has 2 aliphatic heterocycles. The van der Waals surface area contributed by atoms with Crippen LogP contribution in [0.25, 0.3) is 0 Å². The van der Waals surface area contributed by atoms with Crippen LogP contribution in [0, 0.1) is 0 Å². The summed E-state index contributed by atoms with van der Waals surface area (Å²) < 4.78 is 9.97. The van der Waals surface area contributed by atoms with Gasteiger partial charge in [0.25, 0.3) is 0 Å². The van der Waals surface area contributed by atoms with Gasteiger partial charge < -0.3 is 19.7 Å². The normalized spacial score (nSPS) is 24.6. The van der Waals surface area contributed by atoms with Gasteiger partial charge in [-0.05, 0) is 6.42 Å². The maximum absolute atomic E-state index is 10.7. The quantitative estimate of drug-likeness (QED) is 0.539. The highest BCUT2D eigenvalue weighted by Gasteiger charge is 2.27. The van der Waals surface area contributed by atoms with E-state index in [2.05, 4.69) is 6.58 Å². The molecule has 0 spiro atoms. The number of carboxylic acids is 2. The van der Waals surface area contributed by atoms with Crippen LogP contribution in [0.2, 0.25) is 0 Å². The Hall–Kier alpha value is -1.66. The molecule has 2 fully saturated rings. The van der Waals surface area contributed by atoms with E-state index in [4.69, 9.17) is 19.7 Å². The van der Waals surface area contributed by atoms with E-state index in [9.17, 15) is 9.59 Å².